The van der Waals surface area contributed by atoms with Crippen molar-refractivity contribution in [2.45, 2.75) is 224 Å². The summed E-state index contributed by atoms with van der Waals surface area (Å²) < 4.78 is 11.2. The molecule has 0 radical (unpaired) electrons. The summed E-state index contributed by atoms with van der Waals surface area (Å²) in [6, 6.07) is -0.727. The standard InChI is InChI=1S/C58H95NO8/c1-3-5-7-9-10-11-12-13-14-15-16-17-18-19-20-21-22-23-24-25-26-27-28-29-30-31-32-33-34-35-36-37-38-39-40-41-42-44-46-48-54(62)59-51(52(61)47-45-43-8-6-4-2)50-66-58-57(65)56(64)55(63)53(49-60)67-58/h5,7,10-11,13-14,16-17,19-20,22-23,25-26,28-29,31-32,34-35,51-53,55-58,60-61,63-65H,3-4,6,8-9,12,15,18,21,24,27,30,33,36-50H2,1-2H3,(H,59,62)/b7-5-,11-10-,14-13-,17-16-,20-19-,23-22-,26-25-,29-28-,32-31-,35-34-. The summed E-state index contributed by atoms with van der Waals surface area (Å²) in [6.45, 7) is 3.60. The molecule has 1 heterocycles. The highest BCUT2D eigenvalue weighted by Gasteiger charge is 2.44. The van der Waals surface area contributed by atoms with E-state index in [0.29, 0.717) is 12.8 Å². The van der Waals surface area contributed by atoms with Gasteiger partial charge in [0.2, 0.25) is 5.91 Å². The van der Waals surface area contributed by atoms with Crippen LogP contribution in [0.3, 0.4) is 0 Å². The van der Waals surface area contributed by atoms with Gasteiger partial charge in [-0.25, -0.2) is 0 Å². The molecule has 1 saturated heterocycles. The number of carbonyl (C=O) groups is 1. The number of aliphatic hydroxyl groups is 5. The lowest BCUT2D eigenvalue weighted by Gasteiger charge is -2.40. The van der Waals surface area contributed by atoms with Crippen LogP contribution in [0.5, 0.6) is 0 Å². The van der Waals surface area contributed by atoms with Crippen molar-refractivity contribution in [1.82, 2.24) is 5.32 Å². The molecule has 1 aliphatic rings. The fourth-order valence-corrected chi connectivity index (χ4v) is 7.42. The fourth-order valence-electron chi connectivity index (χ4n) is 7.42. The Morgan fingerprint density at radius 2 is 0.925 bits per heavy atom. The molecule has 6 N–H and O–H groups in total. The summed E-state index contributed by atoms with van der Waals surface area (Å²) >= 11 is 0. The Morgan fingerprint density at radius 3 is 1.37 bits per heavy atom. The van der Waals surface area contributed by atoms with Crippen LogP contribution in [0.4, 0.5) is 0 Å². The quantitative estimate of drug-likeness (QED) is 0.0262. The summed E-state index contributed by atoms with van der Waals surface area (Å²) in [7, 11) is 0. The Balaban J connectivity index is 2.07. The van der Waals surface area contributed by atoms with Gasteiger partial charge in [0.05, 0.1) is 25.4 Å². The second kappa shape index (κ2) is 46.3. The number of hydrogen-bond acceptors (Lipinski definition) is 8. The molecule has 0 aliphatic carbocycles. The Morgan fingerprint density at radius 1 is 0.522 bits per heavy atom. The highest BCUT2D eigenvalue weighted by Crippen LogP contribution is 2.23. The lowest BCUT2D eigenvalue weighted by Crippen LogP contribution is -2.60. The lowest BCUT2D eigenvalue weighted by atomic mass is 9.99. The summed E-state index contributed by atoms with van der Waals surface area (Å²) in [5.41, 5.74) is 0. The van der Waals surface area contributed by atoms with Gasteiger partial charge in [0.25, 0.3) is 0 Å². The van der Waals surface area contributed by atoms with Crippen LogP contribution in [0.15, 0.2) is 122 Å². The van der Waals surface area contributed by atoms with Crippen LogP contribution in [0.25, 0.3) is 0 Å². The molecular weight excluding hydrogens is 839 g/mol. The molecule has 1 fully saturated rings. The molecule has 7 unspecified atom stereocenters. The summed E-state index contributed by atoms with van der Waals surface area (Å²) in [5, 5.41) is 53.9. The number of hydrogen-bond donors (Lipinski definition) is 6. The smallest absolute Gasteiger partial charge is 0.220 e. The van der Waals surface area contributed by atoms with Crippen molar-refractivity contribution in [3.8, 4) is 0 Å². The highest BCUT2D eigenvalue weighted by atomic mass is 16.7. The molecule has 7 atom stereocenters. The van der Waals surface area contributed by atoms with Crippen molar-refractivity contribution in [3.05, 3.63) is 122 Å². The van der Waals surface area contributed by atoms with Gasteiger partial charge in [-0.1, -0.05) is 206 Å². The van der Waals surface area contributed by atoms with Crippen LogP contribution in [0, 0.1) is 0 Å². The Kier molecular flexibility index (Phi) is 42.6. The van der Waals surface area contributed by atoms with Gasteiger partial charge >= 0.3 is 0 Å². The van der Waals surface area contributed by atoms with Crippen molar-refractivity contribution in [2.75, 3.05) is 13.2 Å². The average molecular weight is 934 g/mol. The van der Waals surface area contributed by atoms with E-state index >= 15 is 0 Å². The zero-order chi connectivity index (χ0) is 48.7. The Labute approximate surface area is 408 Å². The van der Waals surface area contributed by atoms with Gasteiger partial charge in [0.15, 0.2) is 6.29 Å². The molecule has 1 rings (SSSR count). The second-order valence-electron chi connectivity index (χ2n) is 17.6. The number of nitrogens with one attached hydrogen (secondary N) is 1. The minimum atomic E-state index is -1.56. The SMILES string of the molecule is CC/C=C\C/C=C\C/C=C\C/C=C\C/C=C\C/C=C\C/C=C\C/C=C\C/C=C\C/C=C\CCCCCCCCCCC(=O)NC(COC1OC(CO)C(O)C(O)C1O)C(O)CCCCCCC. The summed E-state index contributed by atoms with van der Waals surface area (Å²) in [4.78, 5) is 12.9. The largest absolute Gasteiger partial charge is 0.394 e. The number of carbonyl (C=O) groups excluding carboxylic acids is 1. The predicted octanol–water partition coefficient (Wildman–Crippen LogP) is 12.4. The molecule has 0 aromatic carbocycles. The molecular formula is C58H95NO8. The molecule has 0 aromatic heterocycles. The van der Waals surface area contributed by atoms with Crippen LogP contribution >= 0.6 is 0 Å². The van der Waals surface area contributed by atoms with E-state index in [-0.39, 0.29) is 12.5 Å². The molecule has 67 heavy (non-hydrogen) atoms. The molecule has 0 saturated carbocycles. The molecule has 1 amide bonds. The van der Waals surface area contributed by atoms with E-state index in [2.05, 4.69) is 141 Å². The zero-order valence-corrected chi connectivity index (χ0v) is 41.8. The number of ether oxygens (including phenoxy) is 2. The third kappa shape index (κ3) is 36.3. The van der Waals surface area contributed by atoms with Crippen LogP contribution in [-0.4, -0.2) is 87.5 Å². The van der Waals surface area contributed by atoms with Crippen molar-refractivity contribution in [2.24, 2.45) is 0 Å². The highest BCUT2D eigenvalue weighted by molar-refractivity contribution is 5.76. The van der Waals surface area contributed by atoms with Gasteiger partial charge in [-0.15, -0.1) is 0 Å². The first-order chi connectivity index (χ1) is 32.8. The zero-order valence-electron chi connectivity index (χ0n) is 41.8. The number of allylic oxidation sites excluding steroid dienone is 20. The fraction of sp³-hybridized carbons (Fsp3) is 0.638. The van der Waals surface area contributed by atoms with Gasteiger partial charge in [0.1, 0.15) is 24.4 Å². The van der Waals surface area contributed by atoms with Gasteiger partial charge in [0, 0.05) is 6.42 Å². The minimum absolute atomic E-state index is 0.151. The number of aliphatic hydroxyl groups excluding tert-OH is 5. The molecule has 9 heteroatoms. The topological polar surface area (TPSA) is 149 Å². The maximum atomic E-state index is 12.9. The van der Waals surface area contributed by atoms with Gasteiger partial charge in [-0.2, -0.15) is 0 Å². The molecule has 0 bridgehead atoms. The molecule has 0 aromatic rings. The minimum Gasteiger partial charge on any atom is -0.394 e. The van der Waals surface area contributed by atoms with Gasteiger partial charge in [-0.3, -0.25) is 4.79 Å². The Bertz CT molecular complexity index is 1460. The van der Waals surface area contributed by atoms with Crippen LogP contribution < -0.4 is 5.32 Å². The molecule has 0 spiro atoms. The first-order valence-electron chi connectivity index (χ1n) is 26.2. The van der Waals surface area contributed by atoms with E-state index in [9.17, 15) is 30.3 Å². The van der Waals surface area contributed by atoms with E-state index in [1.807, 2.05) is 0 Å². The normalized spacial score (nSPS) is 20.7. The summed E-state index contributed by atoms with van der Waals surface area (Å²) in [6.07, 6.45) is 62.8. The van der Waals surface area contributed by atoms with Crippen LogP contribution in [0.2, 0.25) is 0 Å². The maximum Gasteiger partial charge on any atom is 0.220 e. The van der Waals surface area contributed by atoms with E-state index in [1.165, 1.54) is 25.7 Å². The second-order valence-corrected chi connectivity index (χ2v) is 17.6. The van der Waals surface area contributed by atoms with Gasteiger partial charge in [-0.05, 0) is 89.9 Å². The number of amides is 1. The summed E-state index contributed by atoms with van der Waals surface area (Å²) in [5.74, 6) is -0.167. The predicted molar refractivity (Wildman–Crippen MR) is 280 cm³/mol. The van der Waals surface area contributed by atoms with Crippen molar-refractivity contribution in [3.63, 3.8) is 0 Å². The van der Waals surface area contributed by atoms with E-state index < -0.39 is 49.5 Å². The molecule has 1 aliphatic heterocycles. The van der Waals surface area contributed by atoms with E-state index in [4.69, 9.17) is 9.47 Å². The lowest BCUT2D eigenvalue weighted by molar-refractivity contribution is -0.302. The Hall–Kier alpha value is -3.41. The third-order valence-corrected chi connectivity index (χ3v) is 11.6. The van der Waals surface area contributed by atoms with Crippen molar-refractivity contribution < 1.29 is 39.8 Å². The van der Waals surface area contributed by atoms with Crippen LogP contribution in [0.1, 0.15) is 181 Å². The van der Waals surface area contributed by atoms with Crippen molar-refractivity contribution >= 4 is 5.91 Å². The monoisotopic (exact) mass is 934 g/mol. The third-order valence-electron chi connectivity index (χ3n) is 11.6. The maximum absolute atomic E-state index is 12.9. The van der Waals surface area contributed by atoms with Crippen molar-refractivity contribution in [1.29, 1.82) is 0 Å². The molecule has 9 nitrogen and oxygen atoms in total. The van der Waals surface area contributed by atoms with E-state index in [0.717, 1.165) is 128 Å². The average Bonchev–Trinajstić information content (AvgIpc) is 3.33. The number of unbranched alkanes of at least 4 members (excludes halogenated alkanes) is 12. The van der Waals surface area contributed by atoms with Gasteiger partial charge < -0.3 is 40.3 Å². The first-order valence-corrected chi connectivity index (χ1v) is 26.2. The number of rotatable bonds is 42. The van der Waals surface area contributed by atoms with E-state index in [1.54, 1.807) is 0 Å². The van der Waals surface area contributed by atoms with Crippen LogP contribution in [-0.2, 0) is 14.3 Å². The first kappa shape index (κ1) is 61.6. The molecule has 380 valence electrons.